The van der Waals surface area contributed by atoms with Crippen LogP contribution in [0.5, 0.6) is 0 Å². The molecule has 3 aliphatic rings. The molecule has 0 saturated heterocycles. The zero-order valence-electron chi connectivity index (χ0n) is 15.3. The average Bonchev–Trinajstić information content (AvgIpc) is 2.97. The van der Waals surface area contributed by atoms with Crippen LogP contribution in [0.3, 0.4) is 0 Å². The van der Waals surface area contributed by atoms with Crippen LogP contribution in [0.25, 0.3) is 10.9 Å². The molecule has 1 aromatic heterocycles. The fourth-order valence-electron chi connectivity index (χ4n) is 5.57. The Morgan fingerprint density at radius 3 is 2.72 bits per heavy atom. The maximum Gasteiger partial charge on any atom is 0.226 e. The summed E-state index contributed by atoms with van der Waals surface area (Å²) in [5.74, 6) is 0.738. The first-order chi connectivity index (χ1) is 12.2. The van der Waals surface area contributed by atoms with Crippen molar-refractivity contribution in [3.05, 3.63) is 35.0 Å². The number of amides is 1. The first kappa shape index (κ1) is 15.5. The van der Waals surface area contributed by atoms with Gasteiger partial charge in [0, 0.05) is 35.6 Å². The van der Waals surface area contributed by atoms with Gasteiger partial charge in [0.15, 0.2) is 0 Å². The molecule has 1 fully saturated rings. The van der Waals surface area contributed by atoms with E-state index in [9.17, 15) is 4.79 Å². The molecule has 1 unspecified atom stereocenters. The van der Waals surface area contributed by atoms with Crippen LogP contribution < -0.4 is 0 Å². The van der Waals surface area contributed by atoms with Gasteiger partial charge in [-0.3, -0.25) is 4.79 Å². The van der Waals surface area contributed by atoms with Crippen LogP contribution in [-0.2, 0) is 17.8 Å². The SMILES string of the molecule is Cc1ccc2c(c1)c1c3n2CCN(C(=O)C2CCCCC2)C3CCC1. The van der Waals surface area contributed by atoms with Crippen molar-refractivity contribution in [2.75, 3.05) is 6.54 Å². The van der Waals surface area contributed by atoms with Gasteiger partial charge < -0.3 is 9.47 Å². The molecule has 3 nitrogen and oxygen atoms in total. The summed E-state index contributed by atoms with van der Waals surface area (Å²) in [7, 11) is 0. The van der Waals surface area contributed by atoms with Gasteiger partial charge in [0.05, 0.1) is 6.04 Å². The van der Waals surface area contributed by atoms with E-state index in [2.05, 4.69) is 34.6 Å². The molecule has 0 N–H and O–H groups in total. The second-order valence-corrected chi connectivity index (χ2v) is 8.31. The molecule has 2 aromatic rings. The molecule has 0 spiro atoms. The number of benzene rings is 1. The van der Waals surface area contributed by atoms with Gasteiger partial charge in [0.2, 0.25) is 5.91 Å². The molecule has 0 radical (unpaired) electrons. The van der Waals surface area contributed by atoms with Crippen LogP contribution >= 0.6 is 0 Å². The third-order valence-electron chi connectivity index (χ3n) is 6.77. The monoisotopic (exact) mass is 336 g/mol. The summed E-state index contributed by atoms with van der Waals surface area (Å²) < 4.78 is 2.53. The molecule has 0 bridgehead atoms. The zero-order valence-corrected chi connectivity index (χ0v) is 15.3. The number of hydrogen-bond donors (Lipinski definition) is 0. The van der Waals surface area contributed by atoms with Crippen molar-refractivity contribution >= 4 is 16.8 Å². The lowest BCUT2D eigenvalue weighted by molar-refractivity contribution is -0.140. The number of fused-ring (bicyclic) bond motifs is 3. The summed E-state index contributed by atoms with van der Waals surface area (Å²) in [4.78, 5) is 15.5. The van der Waals surface area contributed by atoms with Crippen LogP contribution in [0.15, 0.2) is 18.2 Å². The van der Waals surface area contributed by atoms with E-state index in [1.807, 2.05) is 0 Å². The van der Waals surface area contributed by atoms with Crippen LogP contribution in [0.1, 0.15) is 67.8 Å². The van der Waals surface area contributed by atoms with Gasteiger partial charge in [-0.05, 0) is 56.7 Å². The Morgan fingerprint density at radius 1 is 1.04 bits per heavy atom. The zero-order chi connectivity index (χ0) is 17.0. The van der Waals surface area contributed by atoms with E-state index in [1.54, 1.807) is 0 Å². The number of rotatable bonds is 1. The van der Waals surface area contributed by atoms with E-state index in [-0.39, 0.29) is 5.92 Å². The van der Waals surface area contributed by atoms with Crippen molar-refractivity contribution in [3.63, 3.8) is 0 Å². The first-order valence-corrected chi connectivity index (χ1v) is 10.2. The molecular weight excluding hydrogens is 308 g/mol. The number of carbonyl (C=O) groups is 1. The summed E-state index contributed by atoms with van der Waals surface area (Å²) in [6.07, 6.45) is 9.52. The molecule has 2 aliphatic carbocycles. The summed E-state index contributed by atoms with van der Waals surface area (Å²) in [6.45, 7) is 4.04. The Bertz CT molecular complexity index is 828. The predicted octanol–water partition coefficient (Wildman–Crippen LogP) is 4.75. The fourth-order valence-corrected chi connectivity index (χ4v) is 5.57. The number of carbonyl (C=O) groups excluding carboxylic acids is 1. The van der Waals surface area contributed by atoms with Crippen molar-refractivity contribution in [1.82, 2.24) is 9.47 Å². The fraction of sp³-hybridized carbons (Fsp3) is 0.591. The molecule has 5 rings (SSSR count). The number of aromatic nitrogens is 1. The van der Waals surface area contributed by atoms with E-state index in [4.69, 9.17) is 0 Å². The molecule has 132 valence electrons. The third-order valence-corrected chi connectivity index (χ3v) is 6.77. The van der Waals surface area contributed by atoms with Gasteiger partial charge >= 0.3 is 0 Å². The van der Waals surface area contributed by atoms with Crippen molar-refractivity contribution in [1.29, 1.82) is 0 Å². The molecule has 25 heavy (non-hydrogen) atoms. The summed E-state index contributed by atoms with van der Waals surface area (Å²) in [5.41, 5.74) is 5.70. The highest BCUT2D eigenvalue weighted by molar-refractivity contribution is 5.88. The largest absolute Gasteiger partial charge is 0.341 e. The van der Waals surface area contributed by atoms with Crippen LogP contribution in [0.4, 0.5) is 0 Å². The van der Waals surface area contributed by atoms with Crippen LogP contribution in [0, 0.1) is 12.8 Å². The van der Waals surface area contributed by atoms with Crippen LogP contribution in [0.2, 0.25) is 0 Å². The minimum absolute atomic E-state index is 0.289. The molecule has 1 atom stereocenters. The van der Waals surface area contributed by atoms with Crippen molar-refractivity contribution < 1.29 is 4.79 Å². The van der Waals surface area contributed by atoms with Crippen molar-refractivity contribution in [2.24, 2.45) is 5.92 Å². The molecule has 1 amide bonds. The minimum Gasteiger partial charge on any atom is -0.341 e. The van der Waals surface area contributed by atoms with Crippen molar-refractivity contribution in [3.8, 4) is 0 Å². The summed E-state index contributed by atoms with van der Waals surface area (Å²) in [6, 6.07) is 7.19. The van der Waals surface area contributed by atoms with Gasteiger partial charge in [-0.15, -0.1) is 0 Å². The molecule has 2 heterocycles. The number of nitrogens with zero attached hydrogens (tertiary/aromatic N) is 2. The normalized spacial score (nSPS) is 23.7. The smallest absolute Gasteiger partial charge is 0.226 e. The van der Waals surface area contributed by atoms with Crippen LogP contribution in [-0.4, -0.2) is 21.9 Å². The number of aryl methyl sites for hydroxylation is 2. The van der Waals surface area contributed by atoms with E-state index < -0.39 is 0 Å². The van der Waals surface area contributed by atoms with E-state index in [0.717, 1.165) is 32.4 Å². The first-order valence-electron chi connectivity index (χ1n) is 10.2. The van der Waals surface area contributed by atoms with Gasteiger partial charge in [-0.25, -0.2) is 0 Å². The number of hydrogen-bond acceptors (Lipinski definition) is 1. The lowest BCUT2D eigenvalue weighted by Crippen LogP contribution is -2.46. The van der Waals surface area contributed by atoms with Gasteiger partial charge in [0.1, 0.15) is 0 Å². The summed E-state index contributed by atoms with van der Waals surface area (Å²) in [5, 5.41) is 1.44. The molecule has 1 saturated carbocycles. The molecular formula is C22H28N2O. The van der Waals surface area contributed by atoms with Gasteiger partial charge in [-0.2, -0.15) is 0 Å². The van der Waals surface area contributed by atoms with Crippen molar-refractivity contribution in [2.45, 2.75) is 70.9 Å². The Balaban J connectivity index is 1.56. The summed E-state index contributed by atoms with van der Waals surface area (Å²) >= 11 is 0. The minimum atomic E-state index is 0.289. The quantitative estimate of drug-likeness (QED) is 0.738. The predicted molar refractivity (Wildman–Crippen MR) is 101 cm³/mol. The van der Waals surface area contributed by atoms with Gasteiger partial charge in [0.25, 0.3) is 0 Å². The maximum atomic E-state index is 13.3. The lowest BCUT2D eigenvalue weighted by Gasteiger charge is -2.42. The lowest BCUT2D eigenvalue weighted by atomic mass is 9.85. The molecule has 1 aromatic carbocycles. The standard InChI is InChI=1S/C22H28N2O/c1-15-10-11-19-18(14-15)17-8-5-9-20-21(17)23(19)12-13-24(20)22(25)16-6-3-2-4-7-16/h10-11,14,16,20H,2-9,12-13H2,1H3. The molecule has 1 aliphatic heterocycles. The highest BCUT2D eigenvalue weighted by atomic mass is 16.2. The second-order valence-electron chi connectivity index (χ2n) is 8.31. The Kier molecular flexibility index (Phi) is 3.65. The Hall–Kier alpha value is -1.77. The Labute approximate surface area is 150 Å². The van der Waals surface area contributed by atoms with E-state index in [1.165, 1.54) is 59.8 Å². The van der Waals surface area contributed by atoms with E-state index in [0.29, 0.717) is 11.9 Å². The topological polar surface area (TPSA) is 25.2 Å². The van der Waals surface area contributed by atoms with E-state index >= 15 is 0 Å². The maximum absolute atomic E-state index is 13.3. The Morgan fingerprint density at radius 2 is 1.88 bits per heavy atom. The second kappa shape index (κ2) is 5.89. The third kappa shape index (κ3) is 2.35. The van der Waals surface area contributed by atoms with Gasteiger partial charge in [-0.1, -0.05) is 30.9 Å². The molecule has 3 heteroatoms. The highest BCUT2D eigenvalue weighted by Crippen LogP contribution is 2.43. The average molecular weight is 336 g/mol. The highest BCUT2D eigenvalue weighted by Gasteiger charge is 2.39.